The molecule has 1 aromatic heterocycles. The van der Waals surface area contributed by atoms with E-state index < -0.39 is 0 Å². The lowest BCUT2D eigenvalue weighted by Gasteiger charge is -2.30. The third-order valence-corrected chi connectivity index (χ3v) is 4.71. The zero-order valence-electron chi connectivity index (χ0n) is 12.1. The molecule has 0 fully saturated rings. The Kier molecular flexibility index (Phi) is 2.97. The van der Waals surface area contributed by atoms with Crippen molar-refractivity contribution in [2.45, 2.75) is 31.2 Å². The SMILES string of the molecule is N#Cc1ccc(C2CCC3C(=O)NCCc4ncn2c43)cc1. The Balaban J connectivity index is 1.77. The van der Waals surface area contributed by atoms with Crippen molar-refractivity contribution in [1.82, 2.24) is 14.9 Å². The summed E-state index contributed by atoms with van der Waals surface area (Å²) in [4.78, 5) is 16.8. The van der Waals surface area contributed by atoms with Crippen LogP contribution < -0.4 is 5.32 Å². The topological polar surface area (TPSA) is 70.7 Å². The van der Waals surface area contributed by atoms with E-state index >= 15 is 0 Å². The number of hydrogen-bond acceptors (Lipinski definition) is 3. The predicted octanol–water partition coefficient (Wildman–Crippen LogP) is 1.89. The minimum atomic E-state index is -0.0744. The molecule has 0 radical (unpaired) electrons. The molecule has 22 heavy (non-hydrogen) atoms. The monoisotopic (exact) mass is 292 g/mol. The van der Waals surface area contributed by atoms with Crippen LogP contribution in [-0.4, -0.2) is 22.0 Å². The van der Waals surface area contributed by atoms with Crippen molar-refractivity contribution in [2.75, 3.05) is 6.54 Å². The summed E-state index contributed by atoms with van der Waals surface area (Å²) in [7, 11) is 0. The van der Waals surface area contributed by atoms with E-state index in [2.05, 4.69) is 20.9 Å². The first-order valence-electron chi connectivity index (χ1n) is 7.61. The van der Waals surface area contributed by atoms with Gasteiger partial charge in [-0.2, -0.15) is 5.26 Å². The van der Waals surface area contributed by atoms with Crippen LogP contribution in [-0.2, 0) is 11.2 Å². The number of nitriles is 1. The van der Waals surface area contributed by atoms with Crippen LogP contribution in [0.1, 0.15) is 47.3 Å². The van der Waals surface area contributed by atoms with Crippen LogP contribution in [0.15, 0.2) is 30.6 Å². The highest BCUT2D eigenvalue weighted by Gasteiger charge is 2.36. The average Bonchev–Trinajstić information content (AvgIpc) is 2.91. The summed E-state index contributed by atoms with van der Waals surface area (Å²) in [6.07, 6.45) is 4.42. The van der Waals surface area contributed by atoms with Crippen LogP contribution in [0, 0.1) is 11.3 Å². The summed E-state index contributed by atoms with van der Waals surface area (Å²) in [5, 5.41) is 11.9. The van der Waals surface area contributed by atoms with Gasteiger partial charge >= 0.3 is 0 Å². The molecule has 1 aromatic carbocycles. The second-order valence-corrected chi connectivity index (χ2v) is 5.90. The standard InChI is InChI=1S/C17H16N4O/c18-9-11-1-3-12(4-2-11)15-6-5-13-16-14(20-10-21(15)16)7-8-19-17(13)22/h1-4,10,13,15H,5-8H2,(H,19,22). The number of aromatic nitrogens is 2. The third kappa shape index (κ3) is 1.92. The second kappa shape index (κ2) is 4.99. The first kappa shape index (κ1) is 13.1. The van der Waals surface area contributed by atoms with E-state index in [0.717, 1.165) is 30.7 Å². The minimum Gasteiger partial charge on any atom is -0.355 e. The number of nitrogens with one attached hydrogen (secondary N) is 1. The fourth-order valence-corrected chi connectivity index (χ4v) is 3.62. The zero-order valence-corrected chi connectivity index (χ0v) is 12.1. The molecule has 2 atom stereocenters. The van der Waals surface area contributed by atoms with Crippen molar-refractivity contribution in [3.8, 4) is 6.07 Å². The number of nitrogens with zero attached hydrogens (tertiary/aromatic N) is 3. The molecule has 0 bridgehead atoms. The molecule has 1 amide bonds. The van der Waals surface area contributed by atoms with Gasteiger partial charge in [0.2, 0.25) is 5.91 Å². The van der Waals surface area contributed by atoms with E-state index in [4.69, 9.17) is 5.26 Å². The Morgan fingerprint density at radius 1 is 1.27 bits per heavy atom. The highest BCUT2D eigenvalue weighted by molar-refractivity contribution is 5.84. The van der Waals surface area contributed by atoms with E-state index in [1.54, 1.807) is 0 Å². The molecule has 0 aliphatic carbocycles. The maximum Gasteiger partial charge on any atom is 0.229 e. The summed E-state index contributed by atoms with van der Waals surface area (Å²) < 4.78 is 2.16. The van der Waals surface area contributed by atoms with Crippen molar-refractivity contribution >= 4 is 5.91 Å². The Morgan fingerprint density at radius 3 is 2.86 bits per heavy atom. The fourth-order valence-electron chi connectivity index (χ4n) is 3.62. The molecule has 2 aromatic rings. The third-order valence-electron chi connectivity index (χ3n) is 4.71. The quantitative estimate of drug-likeness (QED) is 0.872. The number of rotatable bonds is 1. The van der Waals surface area contributed by atoms with Crippen molar-refractivity contribution in [3.63, 3.8) is 0 Å². The van der Waals surface area contributed by atoms with Crippen LogP contribution in [0.2, 0.25) is 0 Å². The average molecular weight is 292 g/mol. The molecule has 0 saturated heterocycles. The van der Waals surface area contributed by atoms with Gasteiger partial charge < -0.3 is 9.88 Å². The van der Waals surface area contributed by atoms with Gasteiger partial charge in [0.05, 0.1) is 41.3 Å². The molecule has 5 nitrogen and oxygen atoms in total. The number of carbonyl (C=O) groups excluding carboxylic acids is 1. The number of benzene rings is 1. The Morgan fingerprint density at radius 2 is 2.09 bits per heavy atom. The highest BCUT2D eigenvalue weighted by Crippen LogP contribution is 2.39. The number of imidazole rings is 1. The Hall–Kier alpha value is -2.61. The molecule has 0 saturated carbocycles. The van der Waals surface area contributed by atoms with E-state index in [-0.39, 0.29) is 17.9 Å². The van der Waals surface area contributed by atoms with Crippen LogP contribution in [0.25, 0.3) is 0 Å². The molecular formula is C17H16N4O. The minimum absolute atomic E-state index is 0.0744. The van der Waals surface area contributed by atoms with E-state index in [1.807, 2.05) is 30.6 Å². The van der Waals surface area contributed by atoms with Crippen LogP contribution in [0.4, 0.5) is 0 Å². The normalized spacial score (nSPS) is 23.1. The molecule has 3 heterocycles. The van der Waals surface area contributed by atoms with Gasteiger partial charge in [-0.25, -0.2) is 4.98 Å². The van der Waals surface area contributed by atoms with Crippen LogP contribution in [0.3, 0.4) is 0 Å². The van der Waals surface area contributed by atoms with Gasteiger partial charge in [0.15, 0.2) is 0 Å². The fraction of sp³-hybridized carbons (Fsp3) is 0.353. The van der Waals surface area contributed by atoms with Gasteiger partial charge in [-0.1, -0.05) is 12.1 Å². The van der Waals surface area contributed by atoms with Crippen molar-refractivity contribution in [1.29, 1.82) is 5.26 Å². The van der Waals surface area contributed by atoms with Gasteiger partial charge in [0.25, 0.3) is 0 Å². The Labute approximate surface area is 128 Å². The first-order valence-corrected chi connectivity index (χ1v) is 7.61. The smallest absolute Gasteiger partial charge is 0.229 e. The molecule has 1 N–H and O–H groups in total. The summed E-state index contributed by atoms with van der Waals surface area (Å²) in [6, 6.07) is 10.1. The number of carbonyl (C=O) groups is 1. The summed E-state index contributed by atoms with van der Waals surface area (Å²) in [5.74, 6) is 0.0495. The first-order chi connectivity index (χ1) is 10.8. The van der Waals surface area contributed by atoms with E-state index in [1.165, 1.54) is 5.56 Å². The number of hydrogen-bond donors (Lipinski definition) is 1. The lowest BCUT2D eigenvalue weighted by atomic mass is 9.87. The van der Waals surface area contributed by atoms with Gasteiger partial charge in [-0.05, 0) is 30.5 Å². The van der Waals surface area contributed by atoms with Crippen LogP contribution in [0.5, 0.6) is 0 Å². The summed E-state index contributed by atoms with van der Waals surface area (Å²) in [5.41, 5.74) is 3.96. The Bertz CT molecular complexity index is 769. The molecule has 4 rings (SSSR count). The van der Waals surface area contributed by atoms with Crippen molar-refractivity contribution in [3.05, 3.63) is 53.1 Å². The van der Waals surface area contributed by atoms with Gasteiger partial charge in [0, 0.05) is 13.0 Å². The van der Waals surface area contributed by atoms with Crippen molar-refractivity contribution < 1.29 is 4.79 Å². The maximum absolute atomic E-state index is 12.2. The molecule has 110 valence electrons. The lowest BCUT2D eigenvalue weighted by Crippen LogP contribution is -2.32. The molecule has 2 aliphatic rings. The van der Waals surface area contributed by atoms with Crippen LogP contribution >= 0.6 is 0 Å². The zero-order chi connectivity index (χ0) is 15.1. The van der Waals surface area contributed by atoms with Gasteiger partial charge in [-0.3, -0.25) is 4.79 Å². The van der Waals surface area contributed by atoms with E-state index in [9.17, 15) is 4.79 Å². The largest absolute Gasteiger partial charge is 0.355 e. The second-order valence-electron chi connectivity index (χ2n) is 5.90. The van der Waals surface area contributed by atoms with Gasteiger partial charge in [-0.15, -0.1) is 0 Å². The molecule has 0 spiro atoms. The lowest BCUT2D eigenvalue weighted by molar-refractivity contribution is -0.122. The predicted molar refractivity (Wildman–Crippen MR) is 80.2 cm³/mol. The summed E-state index contributed by atoms with van der Waals surface area (Å²) in [6.45, 7) is 0.668. The van der Waals surface area contributed by atoms with Crippen molar-refractivity contribution in [2.24, 2.45) is 0 Å². The van der Waals surface area contributed by atoms with E-state index in [0.29, 0.717) is 12.1 Å². The number of amides is 1. The maximum atomic E-state index is 12.2. The molecule has 2 aliphatic heterocycles. The van der Waals surface area contributed by atoms with Gasteiger partial charge in [0.1, 0.15) is 0 Å². The summed E-state index contributed by atoms with van der Waals surface area (Å²) >= 11 is 0. The molecule has 2 unspecified atom stereocenters. The highest BCUT2D eigenvalue weighted by atomic mass is 16.1. The molecular weight excluding hydrogens is 276 g/mol. The molecule has 5 heteroatoms.